The van der Waals surface area contributed by atoms with Gasteiger partial charge in [-0.1, -0.05) is 83.9 Å². The molecule has 12 unspecified atom stereocenters. The molecule has 0 bridgehead atoms. The third-order valence-electron chi connectivity index (χ3n) is 11.5. The smallest absolute Gasteiger partial charge is 0.373 e. The Kier molecular flexibility index (Phi) is 17.7. The van der Waals surface area contributed by atoms with Crippen LogP contribution in [0.3, 0.4) is 0 Å². The number of hydrogen-bond donors (Lipinski definition) is 5. The summed E-state index contributed by atoms with van der Waals surface area (Å²) in [4.78, 5) is 51.1. The van der Waals surface area contributed by atoms with E-state index in [4.69, 9.17) is 23.7 Å². The van der Waals surface area contributed by atoms with Crippen LogP contribution in [0.5, 0.6) is 0 Å². The standard InChI is InChI=1S/C44H65NO13/c1-23(2)41-28(7)35(56-37(49)18-17-36(48)45-38-31(46)15-16-32(38)47)22-44(53,58-41)30(9)40(51)29(8)42-33(54-10)14-12-13-24(3)19-26(5)39(50)27(6)20-25(4)21-34(55-11)43(52)57-42/h12-14,17-18,20-21,23,26-30,33,35,39-42,46,50-51,53H,15-16,19,22H2,1-11H3,(H,45,48)/b14-12-,18-17+,24-13-,25-20-,34-21+. The summed E-state index contributed by atoms with van der Waals surface area (Å²) in [5.41, 5.74) is 1.48. The van der Waals surface area contributed by atoms with Gasteiger partial charge in [0, 0.05) is 62.2 Å². The third kappa shape index (κ3) is 12.5. The van der Waals surface area contributed by atoms with Crippen molar-refractivity contribution in [1.29, 1.82) is 0 Å². The van der Waals surface area contributed by atoms with E-state index in [1.54, 1.807) is 32.9 Å². The highest BCUT2D eigenvalue weighted by molar-refractivity contribution is 6.04. The van der Waals surface area contributed by atoms with Crippen LogP contribution in [0.15, 0.2) is 70.9 Å². The molecule has 0 radical (unpaired) electrons. The third-order valence-corrected chi connectivity index (χ3v) is 11.5. The Labute approximate surface area is 342 Å². The van der Waals surface area contributed by atoms with Gasteiger partial charge in [0.1, 0.15) is 29.8 Å². The molecule has 0 spiro atoms. The molecule has 1 aliphatic carbocycles. The number of allylic oxidation sites excluding steroid dienone is 7. The molecule has 2 heterocycles. The molecule has 0 saturated carbocycles. The van der Waals surface area contributed by atoms with E-state index in [1.807, 2.05) is 53.7 Å². The van der Waals surface area contributed by atoms with Crippen LogP contribution in [0.1, 0.15) is 88.0 Å². The number of carbonyl (C=O) groups is 4. The molecule has 2 aliphatic heterocycles. The Morgan fingerprint density at radius 3 is 2.29 bits per heavy atom. The van der Waals surface area contributed by atoms with Gasteiger partial charge in [-0.25, -0.2) is 9.59 Å². The fourth-order valence-corrected chi connectivity index (χ4v) is 7.95. The van der Waals surface area contributed by atoms with Gasteiger partial charge >= 0.3 is 11.9 Å². The van der Waals surface area contributed by atoms with E-state index in [0.717, 1.165) is 17.7 Å². The predicted octanol–water partition coefficient (Wildman–Crippen LogP) is 5.05. The second-order valence-corrected chi connectivity index (χ2v) is 16.5. The topological polar surface area (TPSA) is 207 Å². The van der Waals surface area contributed by atoms with Crippen LogP contribution in [0.2, 0.25) is 0 Å². The molecule has 0 aromatic rings. The molecule has 5 N–H and O–H groups in total. The van der Waals surface area contributed by atoms with Crippen LogP contribution < -0.4 is 5.32 Å². The molecule has 58 heavy (non-hydrogen) atoms. The number of rotatable bonds is 11. The Morgan fingerprint density at radius 2 is 1.71 bits per heavy atom. The second kappa shape index (κ2) is 21.3. The zero-order chi connectivity index (χ0) is 43.6. The molecular weight excluding hydrogens is 750 g/mol. The summed E-state index contributed by atoms with van der Waals surface area (Å²) in [5, 5.41) is 47.4. The van der Waals surface area contributed by atoms with E-state index >= 15 is 0 Å². The van der Waals surface area contributed by atoms with Crippen LogP contribution >= 0.6 is 0 Å². The minimum Gasteiger partial charge on any atom is -0.510 e. The number of methoxy groups -OCH3 is 2. The number of nitrogens with one attached hydrogen (secondary N) is 1. The number of esters is 2. The Balaban J connectivity index is 1.92. The maximum absolute atomic E-state index is 13.7. The lowest BCUT2D eigenvalue weighted by molar-refractivity contribution is -0.329. The lowest BCUT2D eigenvalue weighted by Crippen LogP contribution is -2.59. The zero-order valence-corrected chi connectivity index (χ0v) is 35.8. The maximum Gasteiger partial charge on any atom is 0.373 e. The molecule has 1 amide bonds. The van der Waals surface area contributed by atoms with E-state index < -0.39 is 83.8 Å². The number of ketones is 1. The first-order valence-corrected chi connectivity index (χ1v) is 20.1. The minimum absolute atomic E-state index is 0.0594. The molecule has 14 heteroatoms. The van der Waals surface area contributed by atoms with Crippen molar-refractivity contribution >= 4 is 23.6 Å². The Bertz CT molecular complexity index is 1670. The van der Waals surface area contributed by atoms with Crippen molar-refractivity contribution in [2.75, 3.05) is 14.2 Å². The summed E-state index contributed by atoms with van der Waals surface area (Å²) >= 11 is 0. The first-order chi connectivity index (χ1) is 27.1. The van der Waals surface area contributed by atoms with Gasteiger partial charge in [-0.3, -0.25) is 9.59 Å². The van der Waals surface area contributed by atoms with Crippen molar-refractivity contribution in [2.24, 2.45) is 35.5 Å². The van der Waals surface area contributed by atoms with Gasteiger partial charge < -0.3 is 49.4 Å². The van der Waals surface area contributed by atoms with Crippen molar-refractivity contribution in [2.45, 2.75) is 130 Å². The van der Waals surface area contributed by atoms with E-state index in [0.29, 0.717) is 12.0 Å². The number of ether oxygens (including phenoxy) is 5. The molecule has 12 atom stereocenters. The monoisotopic (exact) mass is 815 g/mol. The van der Waals surface area contributed by atoms with Gasteiger partial charge in [-0.05, 0) is 38.2 Å². The van der Waals surface area contributed by atoms with Gasteiger partial charge in [-0.15, -0.1) is 0 Å². The number of aliphatic hydroxyl groups excluding tert-OH is 3. The lowest BCUT2D eigenvalue weighted by Gasteiger charge is -2.50. The number of carbonyl (C=O) groups excluding carboxylic acids is 4. The highest BCUT2D eigenvalue weighted by Crippen LogP contribution is 2.42. The van der Waals surface area contributed by atoms with Crippen LogP contribution in [-0.2, 0) is 42.9 Å². The average molecular weight is 816 g/mol. The highest BCUT2D eigenvalue weighted by Gasteiger charge is 2.53. The van der Waals surface area contributed by atoms with E-state index in [9.17, 15) is 39.6 Å². The predicted molar refractivity (Wildman–Crippen MR) is 215 cm³/mol. The summed E-state index contributed by atoms with van der Waals surface area (Å²) in [5.74, 6) is -8.07. The SMILES string of the molecule is CO/C1=C/C(C)=C\C(C)C(O)C(C)C/C(C)=C\C=C/C(OC)C(C(C)C(O)C(C)C2(O)CC(OC(=O)/C=C/C(=O)NC3=C(O)CCC3=O)C(C)C(C(C)C)O2)OC1=O. The number of hydrogen-bond acceptors (Lipinski definition) is 13. The fraction of sp³-hybridized carbons (Fsp3) is 0.636. The number of cyclic esters (lactones) is 1. The van der Waals surface area contributed by atoms with Gasteiger partial charge in [0.05, 0.1) is 25.4 Å². The Hall–Kier alpha value is -4.08. The van der Waals surface area contributed by atoms with Gasteiger partial charge in [-0.2, -0.15) is 0 Å². The summed E-state index contributed by atoms with van der Waals surface area (Å²) in [6.45, 7) is 16.5. The molecule has 0 aromatic carbocycles. The molecule has 14 nitrogen and oxygen atoms in total. The first-order valence-electron chi connectivity index (χ1n) is 20.1. The number of amides is 1. The number of aliphatic hydroxyl groups is 4. The minimum atomic E-state index is -2.04. The second-order valence-electron chi connectivity index (χ2n) is 16.5. The van der Waals surface area contributed by atoms with Gasteiger partial charge in [0.15, 0.2) is 11.6 Å². The van der Waals surface area contributed by atoms with Gasteiger partial charge in [0.25, 0.3) is 0 Å². The summed E-state index contributed by atoms with van der Waals surface area (Å²) in [6, 6.07) is 0. The molecule has 324 valence electrons. The molecule has 3 rings (SSSR count). The Morgan fingerprint density at radius 1 is 1.03 bits per heavy atom. The molecule has 0 aromatic heterocycles. The first kappa shape index (κ1) is 48.3. The van der Waals surface area contributed by atoms with Crippen LogP contribution in [-0.4, -0.2) is 101 Å². The molecule has 1 saturated heterocycles. The summed E-state index contributed by atoms with van der Waals surface area (Å²) in [6.07, 6.45) is 5.61. The van der Waals surface area contributed by atoms with Crippen molar-refractivity contribution in [3.63, 3.8) is 0 Å². The average Bonchev–Trinajstić information content (AvgIpc) is 3.48. The fourth-order valence-electron chi connectivity index (χ4n) is 7.95. The van der Waals surface area contributed by atoms with Crippen LogP contribution in [0.25, 0.3) is 0 Å². The summed E-state index contributed by atoms with van der Waals surface area (Å²) in [7, 11) is 2.79. The van der Waals surface area contributed by atoms with Gasteiger partial charge in [0.2, 0.25) is 11.7 Å². The van der Waals surface area contributed by atoms with Crippen molar-refractivity contribution in [1.82, 2.24) is 5.32 Å². The van der Waals surface area contributed by atoms with E-state index in [1.165, 1.54) is 20.3 Å². The van der Waals surface area contributed by atoms with Crippen molar-refractivity contribution < 1.29 is 63.3 Å². The highest BCUT2D eigenvalue weighted by atomic mass is 16.6. The lowest BCUT2D eigenvalue weighted by atomic mass is 9.76. The van der Waals surface area contributed by atoms with Crippen LogP contribution in [0, 0.1) is 35.5 Å². The zero-order valence-electron chi connectivity index (χ0n) is 35.8. The van der Waals surface area contributed by atoms with Crippen molar-refractivity contribution in [3.05, 3.63) is 70.9 Å². The molecule has 1 fully saturated rings. The summed E-state index contributed by atoms with van der Waals surface area (Å²) < 4.78 is 29.5. The number of Topliss-reactive ketones (excluding diaryl/α,β-unsaturated/α-hetero) is 1. The maximum atomic E-state index is 13.7. The largest absolute Gasteiger partial charge is 0.510 e. The normalized spacial score (nSPS) is 35.5. The molecule has 3 aliphatic rings. The van der Waals surface area contributed by atoms with Crippen molar-refractivity contribution in [3.8, 4) is 0 Å². The quantitative estimate of drug-likeness (QED) is 0.137. The van der Waals surface area contributed by atoms with E-state index in [-0.39, 0.29) is 54.2 Å². The van der Waals surface area contributed by atoms with Crippen LogP contribution in [0.4, 0.5) is 0 Å². The van der Waals surface area contributed by atoms with E-state index in [2.05, 4.69) is 5.32 Å². The molecular formula is C44H65NO13.